The largest absolute Gasteiger partial charge is 0.497 e. The Hall–Kier alpha value is -3.92. The van der Waals surface area contributed by atoms with E-state index in [1.807, 2.05) is 13.8 Å². The van der Waals surface area contributed by atoms with Gasteiger partial charge in [0.25, 0.3) is 10.0 Å². The van der Waals surface area contributed by atoms with Gasteiger partial charge in [0.05, 0.1) is 17.7 Å². The Kier molecular flexibility index (Phi) is 10.7. The number of sulfonamides is 1. The van der Waals surface area contributed by atoms with Crippen molar-refractivity contribution < 1.29 is 27.1 Å². The van der Waals surface area contributed by atoms with Crippen LogP contribution in [0.5, 0.6) is 5.75 Å². The Morgan fingerprint density at radius 3 is 2.25 bits per heavy atom. The zero-order valence-electron chi connectivity index (χ0n) is 23.2. The lowest BCUT2D eigenvalue weighted by atomic mass is 10.1. The van der Waals surface area contributed by atoms with Gasteiger partial charge >= 0.3 is 0 Å². The van der Waals surface area contributed by atoms with E-state index in [1.54, 1.807) is 49.4 Å². The molecule has 3 aromatic rings. The lowest BCUT2D eigenvalue weighted by molar-refractivity contribution is -0.140. The van der Waals surface area contributed by atoms with Gasteiger partial charge in [-0.15, -0.1) is 0 Å². The molecule has 1 unspecified atom stereocenters. The first-order chi connectivity index (χ1) is 19.1. The van der Waals surface area contributed by atoms with E-state index >= 15 is 0 Å². The summed E-state index contributed by atoms with van der Waals surface area (Å²) in [5.74, 6) is -0.666. The third-order valence-corrected chi connectivity index (χ3v) is 8.07. The second-order valence-electron chi connectivity index (χ2n) is 9.74. The molecule has 0 spiro atoms. The summed E-state index contributed by atoms with van der Waals surface area (Å²) in [6.07, 6.45) is 0.307. The number of nitrogens with zero attached hydrogens (tertiary/aromatic N) is 2. The van der Waals surface area contributed by atoms with Crippen LogP contribution in [-0.4, -0.2) is 51.4 Å². The van der Waals surface area contributed by atoms with Crippen LogP contribution >= 0.6 is 0 Å². The van der Waals surface area contributed by atoms with Crippen molar-refractivity contribution in [3.8, 4) is 5.75 Å². The molecule has 0 saturated heterocycles. The molecule has 214 valence electrons. The molecular formula is C30H36FN3O5S. The normalized spacial score (nSPS) is 12.1. The molecule has 3 aromatic carbocycles. The summed E-state index contributed by atoms with van der Waals surface area (Å²) >= 11 is 0. The summed E-state index contributed by atoms with van der Waals surface area (Å²) in [5, 5.41) is 2.89. The molecule has 0 aromatic heterocycles. The van der Waals surface area contributed by atoms with E-state index in [-0.39, 0.29) is 29.0 Å². The average Bonchev–Trinajstić information content (AvgIpc) is 2.95. The van der Waals surface area contributed by atoms with E-state index in [9.17, 15) is 22.4 Å². The zero-order valence-corrected chi connectivity index (χ0v) is 24.0. The number of hydrogen-bond acceptors (Lipinski definition) is 5. The standard InChI is InChI=1S/C30H36FN3O5S/c1-5-28(30(36)32-19-22(2)3)33(20-23-10-9-11-26(18-23)39-4)29(35)21-34(25-16-14-24(31)15-17-25)40(37,38)27-12-7-6-8-13-27/h6-18,22,28H,5,19-21H2,1-4H3,(H,32,36). The fourth-order valence-corrected chi connectivity index (χ4v) is 5.60. The van der Waals surface area contributed by atoms with Gasteiger partial charge in [-0.05, 0) is 66.4 Å². The molecule has 10 heteroatoms. The smallest absolute Gasteiger partial charge is 0.264 e. The van der Waals surface area contributed by atoms with Gasteiger partial charge in [-0.1, -0.05) is 51.1 Å². The number of carbonyl (C=O) groups excluding carboxylic acids is 2. The second kappa shape index (κ2) is 13.9. The first-order valence-corrected chi connectivity index (χ1v) is 14.5. The molecule has 0 bridgehead atoms. The maximum absolute atomic E-state index is 14.0. The van der Waals surface area contributed by atoms with E-state index in [1.165, 1.54) is 36.3 Å². The average molecular weight is 570 g/mol. The first-order valence-electron chi connectivity index (χ1n) is 13.1. The van der Waals surface area contributed by atoms with Gasteiger partial charge in [0.15, 0.2) is 0 Å². The minimum atomic E-state index is -4.21. The highest BCUT2D eigenvalue weighted by molar-refractivity contribution is 7.92. The predicted octanol–water partition coefficient (Wildman–Crippen LogP) is 4.61. The van der Waals surface area contributed by atoms with Crippen LogP contribution in [0.15, 0.2) is 83.8 Å². The van der Waals surface area contributed by atoms with Crippen LogP contribution in [0.2, 0.25) is 0 Å². The van der Waals surface area contributed by atoms with Crippen molar-refractivity contribution in [3.63, 3.8) is 0 Å². The number of halogens is 1. The molecule has 1 N–H and O–H groups in total. The van der Waals surface area contributed by atoms with Crippen LogP contribution in [0.25, 0.3) is 0 Å². The van der Waals surface area contributed by atoms with Crippen molar-refractivity contribution in [2.75, 3.05) is 24.5 Å². The topological polar surface area (TPSA) is 96.0 Å². The summed E-state index contributed by atoms with van der Waals surface area (Å²) in [5.41, 5.74) is 0.833. The Labute approximate surface area is 235 Å². The van der Waals surface area contributed by atoms with Gasteiger partial charge in [0.1, 0.15) is 24.2 Å². The molecule has 0 heterocycles. The molecule has 8 nitrogen and oxygen atoms in total. The fraction of sp³-hybridized carbons (Fsp3) is 0.333. The number of ether oxygens (including phenoxy) is 1. The molecule has 0 saturated carbocycles. The van der Waals surface area contributed by atoms with Crippen LogP contribution in [0, 0.1) is 11.7 Å². The molecular weight excluding hydrogens is 533 g/mol. The van der Waals surface area contributed by atoms with Crippen molar-refractivity contribution in [1.82, 2.24) is 10.2 Å². The number of carbonyl (C=O) groups is 2. The minimum Gasteiger partial charge on any atom is -0.497 e. The summed E-state index contributed by atoms with van der Waals surface area (Å²) in [4.78, 5) is 28.6. The molecule has 2 amide bonds. The maximum atomic E-state index is 14.0. The number of nitrogens with one attached hydrogen (secondary N) is 1. The third kappa shape index (κ3) is 7.81. The summed E-state index contributed by atoms with van der Waals surface area (Å²) in [6.45, 7) is 5.61. The molecule has 0 aliphatic carbocycles. The number of rotatable bonds is 13. The van der Waals surface area contributed by atoms with E-state index < -0.39 is 34.3 Å². The summed E-state index contributed by atoms with van der Waals surface area (Å²) in [7, 11) is -2.68. The van der Waals surface area contributed by atoms with Crippen LogP contribution in [0.3, 0.4) is 0 Å². The van der Waals surface area contributed by atoms with E-state index in [2.05, 4.69) is 5.32 Å². The molecule has 0 fully saturated rings. The van der Waals surface area contributed by atoms with Crippen LogP contribution < -0.4 is 14.4 Å². The first kappa shape index (κ1) is 30.6. The Morgan fingerprint density at radius 1 is 0.975 bits per heavy atom. The van der Waals surface area contributed by atoms with Crippen molar-refractivity contribution in [2.24, 2.45) is 5.92 Å². The Morgan fingerprint density at radius 2 is 1.65 bits per heavy atom. The molecule has 0 aliphatic heterocycles. The number of amides is 2. The van der Waals surface area contributed by atoms with Crippen molar-refractivity contribution in [3.05, 3.63) is 90.2 Å². The fourth-order valence-electron chi connectivity index (χ4n) is 4.17. The number of anilines is 1. The van der Waals surface area contributed by atoms with Crippen molar-refractivity contribution in [2.45, 2.75) is 44.7 Å². The zero-order chi connectivity index (χ0) is 29.3. The summed E-state index contributed by atoms with van der Waals surface area (Å²) in [6, 6.07) is 18.9. The monoisotopic (exact) mass is 569 g/mol. The van der Waals surface area contributed by atoms with Crippen LogP contribution in [0.1, 0.15) is 32.8 Å². The third-order valence-electron chi connectivity index (χ3n) is 6.28. The number of methoxy groups -OCH3 is 1. The highest BCUT2D eigenvalue weighted by atomic mass is 32.2. The van der Waals surface area contributed by atoms with Gasteiger partial charge < -0.3 is 15.0 Å². The Balaban J connectivity index is 2.04. The molecule has 1 atom stereocenters. The lowest BCUT2D eigenvalue weighted by Gasteiger charge is -2.33. The van der Waals surface area contributed by atoms with Crippen molar-refractivity contribution in [1.29, 1.82) is 0 Å². The molecule has 40 heavy (non-hydrogen) atoms. The van der Waals surface area contributed by atoms with Crippen LogP contribution in [0.4, 0.5) is 10.1 Å². The lowest BCUT2D eigenvalue weighted by Crippen LogP contribution is -2.52. The van der Waals surface area contributed by atoms with Gasteiger partial charge in [-0.2, -0.15) is 0 Å². The predicted molar refractivity (Wildman–Crippen MR) is 153 cm³/mol. The van der Waals surface area contributed by atoms with E-state index in [0.717, 1.165) is 16.4 Å². The quantitative estimate of drug-likeness (QED) is 0.324. The molecule has 0 radical (unpaired) electrons. The molecule has 3 rings (SSSR count). The summed E-state index contributed by atoms with van der Waals surface area (Å²) < 4.78 is 47.5. The van der Waals surface area contributed by atoms with Gasteiger partial charge in [-0.3, -0.25) is 13.9 Å². The maximum Gasteiger partial charge on any atom is 0.264 e. The minimum absolute atomic E-state index is 0.0202. The van der Waals surface area contributed by atoms with Gasteiger partial charge in [-0.25, -0.2) is 12.8 Å². The SMILES string of the molecule is CCC(C(=O)NCC(C)C)N(Cc1cccc(OC)c1)C(=O)CN(c1ccc(F)cc1)S(=O)(=O)c1ccccc1. The highest BCUT2D eigenvalue weighted by Crippen LogP contribution is 2.25. The number of hydrogen-bond donors (Lipinski definition) is 1. The van der Waals surface area contributed by atoms with E-state index in [0.29, 0.717) is 24.3 Å². The highest BCUT2D eigenvalue weighted by Gasteiger charge is 2.33. The molecule has 0 aliphatic rings. The van der Waals surface area contributed by atoms with Crippen molar-refractivity contribution >= 4 is 27.5 Å². The van der Waals surface area contributed by atoms with Gasteiger partial charge in [0, 0.05) is 13.1 Å². The number of benzene rings is 3. The van der Waals surface area contributed by atoms with Crippen LogP contribution in [-0.2, 0) is 26.2 Å². The van der Waals surface area contributed by atoms with E-state index in [4.69, 9.17) is 4.74 Å². The van der Waals surface area contributed by atoms with Gasteiger partial charge in [0.2, 0.25) is 11.8 Å². The second-order valence-corrected chi connectivity index (χ2v) is 11.6. The Bertz CT molecular complexity index is 1380.